The number of hydrogen-bond donors (Lipinski definition) is 1. The van der Waals surface area contributed by atoms with Crippen LogP contribution in [0, 0.1) is 6.92 Å². The van der Waals surface area contributed by atoms with Gasteiger partial charge in [0.25, 0.3) is 0 Å². The van der Waals surface area contributed by atoms with Crippen LogP contribution in [0.15, 0.2) is 18.2 Å². The number of hydrogen-bond acceptors (Lipinski definition) is 9. The van der Waals surface area contributed by atoms with E-state index in [0.29, 0.717) is 53.3 Å². The lowest BCUT2D eigenvalue weighted by Crippen LogP contribution is -2.49. The van der Waals surface area contributed by atoms with Crippen LogP contribution in [-0.2, 0) is 10.0 Å². The number of benzene rings is 1. The van der Waals surface area contributed by atoms with Crippen molar-refractivity contribution in [1.82, 2.24) is 23.8 Å². The number of aryl methyl sites for hydroxylation is 1. The number of aromatic hydroxyl groups is 1. The quantitative estimate of drug-likeness (QED) is 0.581. The lowest BCUT2D eigenvalue weighted by atomic mass is 10.0. The third kappa shape index (κ3) is 3.95. The third-order valence-corrected chi connectivity index (χ3v) is 7.77. The van der Waals surface area contributed by atoms with Crippen molar-refractivity contribution in [3.63, 3.8) is 0 Å². The van der Waals surface area contributed by atoms with Crippen molar-refractivity contribution in [2.45, 2.75) is 13.0 Å². The molecule has 0 radical (unpaired) electrons. The number of thiazole rings is 1. The maximum absolute atomic E-state index is 12.0. The highest BCUT2D eigenvalue weighted by molar-refractivity contribution is 7.88. The number of aromatic nitrogens is 3. The molecular weight excluding hydrogens is 442 g/mol. The Hall–Kier alpha value is -2.41. The molecule has 0 aliphatic carbocycles. The molecule has 4 rings (SSSR count). The fourth-order valence-corrected chi connectivity index (χ4v) is 5.93. The van der Waals surface area contributed by atoms with E-state index in [2.05, 4.69) is 15.0 Å². The second-order valence-electron chi connectivity index (χ2n) is 7.33. The molecular formula is C19H25N5O5S2. The Morgan fingerprint density at radius 1 is 1.16 bits per heavy atom. The van der Waals surface area contributed by atoms with E-state index in [1.807, 2.05) is 18.2 Å². The lowest BCUT2D eigenvalue weighted by Gasteiger charge is -2.38. The van der Waals surface area contributed by atoms with Gasteiger partial charge in [-0.3, -0.25) is 4.90 Å². The Balaban J connectivity index is 1.82. The van der Waals surface area contributed by atoms with E-state index in [-0.39, 0.29) is 11.9 Å². The van der Waals surface area contributed by atoms with Crippen molar-refractivity contribution in [2.75, 3.05) is 46.7 Å². The number of ether oxygens (including phenoxy) is 2. The molecule has 0 amide bonds. The predicted molar refractivity (Wildman–Crippen MR) is 117 cm³/mol. The molecule has 1 fully saturated rings. The van der Waals surface area contributed by atoms with Crippen LogP contribution in [0.5, 0.6) is 17.4 Å². The zero-order chi connectivity index (χ0) is 22.3. The highest BCUT2D eigenvalue weighted by Gasteiger charge is 2.35. The molecule has 0 spiro atoms. The first-order chi connectivity index (χ1) is 14.7. The first kappa shape index (κ1) is 21.8. The summed E-state index contributed by atoms with van der Waals surface area (Å²) in [4.78, 5) is 7.77. The van der Waals surface area contributed by atoms with Crippen LogP contribution >= 0.6 is 11.3 Å². The minimum atomic E-state index is -3.26. The van der Waals surface area contributed by atoms with Gasteiger partial charge in [-0.2, -0.15) is 8.82 Å². The Morgan fingerprint density at radius 2 is 1.87 bits per heavy atom. The molecule has 31 heavy (non-hydrogen) atoms. The molecule has 1 atom stereocenters. The van der Waals surface area contributed by atoms with Crippen molar-refractivity contribution in [1.29, 1.82) is 0 Å². The lowest BCUT2D eigenvalue weighted by molar-refractivity contribution is 0.153. The summed E-state index contributed by atoms with van der Waals surface area (Å²) in [5, 5.41) is 15.3. The van der Waals surface area contributed by atoms with E-state index in [4.69, 9.17) is 9.47 Å². The first-order valence-electron chi connectivity index (χ1n) is 9.69. The maximum atomic E-state index is 12.0. The van der Waals surface area contributed by atoms with Gasteiger partial charge in [0.2, 0.25) is 20.9 Å². The van der Waals surface area contributed by atoms with E-state index in [1.54, 1.807) is 21.1 Å². The van der Waals surface area contributed by atoms with Gasteiger partial charge in [-0.05, 0) is 13.0 Å². The third-order valence-electron chi connectivity index (χ3n) is 5.39. The second kappa shape index (κ2) is 8.26. The fraction of sp³-hybridized carbons (Fsp3) is 0.474. The molecule has 0 saturated carbocycles. The number of para-hydroxylation sites is 1. The number of fused-ring (bicyclic) bond motifs is 1. The van der Waals surface area contributed by atoms with Gasteiger partial charge in [0.15, 0.2) is 11.5 Å². The summed E-state index contributed by atoms with van der Waals surface area (Å²) < 4.78 is 38.0. The normalized spacial score (nSPS) is 17.2. The van der Waals surface area contributed by atoms with Crippen LogP contribution in [0.1, 0.15) is 22.3 Å². The van der Waals surface area contributed by atoms with Gasteiger partial charge >= 0.3 is 0 Å². The van der Waals surface area contributed by atoms with E-state index in [0.717, 1.165) is 5.56 Å². The van der Waals surface area contributed by atoms with Gasteiger partial charge in [-0.1, -0.05) is 23.5 Å². The van der Waals surface area contributed by atoms with Gasteiger partial charge in [0.1, 0.15) is 5.82 Å². The molecule has 1 saturated heterocycles. The maximum Gasteiger partial charge on any atom is 0.230 e. The minimum Gasteiger partial charge on any atom is -0.493 e. The first-order valence-corrected chi connectivity index (χ1v) is 12.4. The number of rotatable bonds is 6. The molecule has 0 bridgehead atoms. The average Bonchev–Trinajstić information content (AvgIpc) is 3.25. The molecule has 10 nitrogen and oxygen atoms in total. The number of piperazine rings is 1. The Bertz CT molecular complexity index is 1200. The van der Waals surface area contributed by atoms with E-state index in [9.17, 15) is 13.5 Å². The summed E-state index contributed by atoms with van der Waals surface area (Å²) in [6.45, 7) is 3.48. The molecule has 3 heterocycles. The van der Waals surface area contributed by atoms with Crippen molar-refractivity contribution in [3.8, 4) is 17.4 Å². The van der Waals surface area contributed by atoms with Crippen LogP contribution in [-0.4, -0.2) is 84.0 Å². The van der Waals surface area contributed by atoms with Crippen molar-refractivity contribution >= 4 is 26.3 Å². The molecule has 1 N–H and O–H groups in total. The molecule has 168 valence electrons. The largest absolute Gasteiger partial charge is 0.493 e. The van der Waals surface area contributed by atoms with Crippen LogP contribution in [0.2, 0.25) is 0 Å². The smallest absolute Gasteiger partial charge is 0.230 e. The predicted octanol–water partition coefficient (Wildman–Crippen LogP) is 1.49. The highest BCUT2D eigenvalue weighted by atomic mass is 32.2. The number of sulfonamides is 1. The number of methoxy groups -OCH3 is 2. The van der Waals surface area contributed by atoms with Gasteiger partial charge in [0, 0.05) is 31.7 Å². The summed E-state index contributed by atoms with van der Waals surface area (Å²) in [6.07, 6.45) is 1.22. The second-order valence-corrected chi connectivity index (χ2v) is 10.3. The van der Waals surface area contributed by atoms with Gasteiger partial charge in [-0.15, -0.1) is 5.10 Å². The van der Waals surface area contributed by atoms with E-state index >= 15 is 0 Å². The van der Waals surface area contributed by atoms with E-state index < -0.39 is 10.0 Å². The van der Waals surface area contributed by atoms with Crippen LogP contribution in [0.3, 0.4) is 0 Å². The molecule has 2 aromatic heterocycles. The minimum absolute atomic E-state index is 0.0148. The van der Waals surface area contributed by atoms with Crippen LogP contribution < -0.4 is 9.47 Å². The summed E-state index contributed by atoms with van der Waals surface area (Å²) in [5.74, 6) is 1.73. The van der Waals surface area contributed by atoms with Crippen LogP contribution in [0.4, 0.5) is 0 Å². The Kier molecular flexibility index (Phi) is 5.81. The summed E-state index contributed by atoms with van der Waals surface area (Å²) in [6, 6.07) is 5.22. The van der Waals surface area contributed by atoms with Gasteiger partial charge in [-0.25, -0.2) is 13.4 Å². The molecule has 1 aromatic carbocycles. The number of nitrogens with zero attached hydrogens (tertiary/aromatic N) is 5. The molecule has 1 unspecified atom stereocenters. The van der Waals surface area contributed by atoms with Gasteiger partial charge in [0.05, 0.1) is 31.4 Å². The topological polar surface area (TPSA) is 110 Å². The van der Waals surface area contributed by atoms with E-state index in [1.165, 1.54) is 26.4 Å². The summed E-state index contributed by atoms with van der Waals surface area (Å²) in [7, 11) is -0.111. The SMILES string of the molecule is COc1cccc(C(c2sc3nc(C)nn3c2O)N2CCN(S(C)(=O)=O)CC2)c1OC. The Labute approximate surface area is 184 Å². The summed E-state index contributed by atoms with van der Waals surface area (Å²) in [5.41, 5.74) is 0.811. The zero-order valence-electron chi connectivity index (χ0n) is 17.8. The molecule has 1 aliphatic heterocycles. The monoisotopic (exact) mass is 467 g/mol. The summed E-state index contributed by atoms with van der Waals surface area (Å²) >= 11 is 1.35. The van der Waals surface area contributed by atoms with Crippen molar-refractivity contribution in [3.05, 3.63) is 34.5 Å². The fourth-order valence-electron chi connectivity index (χ4n) is 3.95. The highest BCUT2D eigenvalue weighted by Crippen LogP contribution is 2.45. The van der Waals surface area contributed by atoms with Crippen molar-refractivity contribution < 1.29 is 23.0 Å². The van der Waals surface area contributed by atoms with Gasteiger partial charge < -0.3 is 14.6 Å². The van der Waals surface area contributed by atoms with Crippen molar-refractivity contribution in [2.24, 2.45) is 0 Å². The molecule has 12 heteroatoms. The zero-order valence-corrected chi connectivity index (χ0v) is 19.4. The van der Waals surface area contributed by atoms with Crippen LogP contribution in [0.25, 0.3) is 4.96 Å². The average molecular weight is 468 g/mol. The molecule has 3 aromatic rings. The standard InChI is InChI=1S/C19H25N5O5S2/c1-12-20-19-24(21-12)18(25)17(30-19)15(13-6-5-7-14(28-2)16(13)29-3)22-8-10-23(11-9-22)31(4,26)27/h5-7,15,25H,8-11H2,1-4H3. The molecule has 1 aliphatic rings. The Morgan fingerprint density at radius 3 is 2.45 bits per heavy atom.